The number of carbonyl (C=O) groups excluding carboxylic acids is 2. The second-order valence-electron chi connectivity index (χ2n) is 6.43. The molecule has 27 heavy (non-hydrogen) atoms. The monoisotopic (exact) mass is 366 g/mol. The highest BCUT2D eigenvalue weighted by Gasteiger charge is 2.22. The first-order chi connectivity index (χ1) is 12.9. The Hall–Kier alpha value is -3.35. The lowest BCUT2D eigenvalue weighted by Gasteiger charge is -2.18. The second kappa shape index (κ2) is 7.90. The summed E-state index contributed by atoms with van der Waals surface area (Å²) in [5.74, 6) is -0.778. The van der Waals surface area contributed by atoms with E-state index in [2.05, 4.69) is 15.7 Å². The number of hydrogen-bond donors (Lipinski definition) is 2. The fraction of sp³-hybridized carbons (Fsp3) is 0.250. The number of aromatic nitrogens is 2. The molecular weight excluding hydrogens is 344 g/mol. The van der Waals surface area contributed by atoms with E-state index in [9.17, 15) is 9.59 Å². The summed E-state index contributed by atoms with van der Waals surface area (Å²) in [6, 6.07) is 12.4. The molecule has 0 aliphatic carbocycles. The topological polar surface area (TPSA) is 89.2 Å². The van der Waals surface area contributed by atoms with Crippen molar-refractivity contribution in [3.05, 3.63) is 71.4 Å². The molecular formula is C20H22N4O3. The molecule has 2 N–H and O–H groups in total. The van der Waals surface area contributed by atoms with Crippen molar-refractivity contribution in [2.24, 2.45) is 0 Å². The molecule has 2 aromatic heterocycles. The van der Waals surface area contributed by atoms with E-state index in [0.29, 0.717) is 11.4 Å². The van der Waals surface area contributed by atoms with Gasteiger partial charge in [-0.3, -0.25) is 14.3 Å². The predicted octanol–water partition coefficient (Wildman–Crippen LogP) is 2.75. The molecule has 7 nitrogen and oxygen atoms in total. The minimum atomic E-state index is -0.717. The highest BCUT2D eigenvalue weighted by Crippen LogP contribution is 2.20. The number of anilines is 1. The summed E-state index contributed by atoms with van der Waals surface area (Å²) in [6.45, 7) is 5.96. The van der Waals surface area contributed by atoms with Crippen molar-refractivity contribution in [3.63, 3.8) is 0 Å². The minimum absolute atomic E-state index is 0.176. The largest absolute Gasteiger partial charge is 0.467 e. The lowest BCUT2D eigenvalue weighted by Crippen LogP contribution is -2.39. The third-order valence-corrected chi connectivity index (χ3v) is 4.18. The quantitative estimate of drug-likeness (QED) is 0.680. The maximum Gasteiger partial charge on any atom is 0.313 e. The molecule has 1 aromatic carbocycles. The predicted molar refractivity (Wildman–Crippen MR) is 101 cm³/mol. The molecule has 0 spiro atoms. The molecule has 0 saturated carbocycles. The highest BCUT2D eigenvalue weighted by molar-refractivity contribution is 6.39. The lowest BCUT2D eigenvalue weighted by molar-refractivity contribution is -0.136. The van der Waals surface area contributed by atoms with Gasteiger partial charge in [-0.25, -0.2) is 0 Å². The van der Waals surface area contributed by atoms with Gasteiger partial charge in [-0.2, -0.15) is 5.10 Å². The normalized spacial score (nSPS) is 11.8. The van der Waals surface area contributed by atoms with Gasteiger partial charge < -0.3 is 15.1 Å². The molecule has 1 atom stereocenters. The van der Waals surface area contributed by atoms with Crippen molar-refractivity contribution in [1.29, 1.82) is 0 Å². The van der Waals surface area contributed by atoms with Crippen molar-refractivity contribution in [1.82, 2.24) is 15.1 Å². The smallest absolute Gasteiger partial charge is 0.313 e. The fourth-order valence-corrected chi connectivity index (χ4v) is 2.84. The van der Waals surface area contributed by atoms with E-state index >= 15 is 0 Å². The molecule has 0 saturated heterocycles. The van der Waals surface area contributed by atoms with Crippen LogP contribution in [-0.4, -0.2) is 28.1 Å². The molecule has 2 amide bonds. The number of carbonyl (C=O) groups is 2. The number of hydrogen-bond acceptors (Lipinski definition) is 4. The summed E-state index contributed by atoms with van der Waals surface area (Å²) in [5.41, 5.74) is 3.45. The molecule has 140 valence electrons. The molecule has 3 aromatic rings. The molecule has 7 heteroatoms. The van der Waals surface area contributed by atoms with E-state index in [-0.39, 0.29) is 12.6 Å². The third kappa shape index (κ3) is 4.44. The molecule has 0 aliphatic rings. The summed E-state index contributed by atoms with van der Waals surface area (Å²) in [4.78, 5) is 24.4. The molecule has 0 aliphatic heterocycles. The highest BCUT2D eigenvalue weighted by atomic mass is 16.3. The average Bonchev–Trinajstić information content (AvgIpc) is 3.27. The summed E-state index contributed by atoms with van der Waals surface area (Å²) in [7, 11) is 0. The van der Waals surface area contributed by atoms with Crippen LogP contribution in [0.25, 0.3) is 0 Å². The van der Waals surface area contributed by atoms with E-state index in [0.717, 1.165) is 17.0 Å². The Morgan fingerprint density at radius 1 is 1.11 bits per heavy atom. The molecule has 3 rings (SSSR count). The first-order valence-electron chi connectivity index (χ1n) is 8.66. The van der Waals surface area contributed by atoms with Gasteiger partial charge in [0.25, 0.3) is 0 Å². The van der Waals surface area contributed by atoms with Gasteiger partial charge in [-0.05, 0) is 51.1 Å². The minimum Gasteiger partial charge on any atom is -0.467 e. The molecule has 0 fully saturated rings. The van der Waals surface area contributed by atoms with E-state index in [1.165, 1.54) is 0 Å². The Balaban J connectivity index is 1.68. The maximum atomic E-state index is 12.2. The average molecular weight is 366 g/mol. The van der Waals surface area contributed by atoms with E-state index in [1.807, 2.05) is 45.0 Å². The van der Waals surface area contributed by atoms with Crippen molar-refractivity contribution in [2.75, 3.05) is 11.9 Å². The Bertz CT molecular complexity index is 927. The first-order valence-corrected chi connectivity index (χ1v) is 8.66. The number of nitrogens with one attached hydrogen (secondary N) is 2. The third-order valence-electron chi connectivity index (χ3n) is 4.18. The van der Waals surface area contributed by atoms with E-state index in [4.69, 9.17) is 4.42 Å². The van der Waals surface area contributed by atoms with Gasteiger partial charge in [-0.1, -0.05) is 17.7 Å². The van der Waals surface area contributed by atoms with Gasteiger partial charge in [0.2, 0.25) is 0 Å². The zero-order chi connectivity index (χ0) is 19.4. The van der Waals surface area contributed by atoms with Crippen LogP contribution in [0.1, 0.15) is 28.8 Å². The van der Waals surface area contributed by atoms with Crippen LogP contribution < -0.4 is 10.6 Å². The molecule has 2 heterocycles. The van der Waals surface area contributed by atoms with Gasteiger partial charge in [0.05, 0.1) is 12.0 Å². The number of rotatable bonds is 5. The Labute approximate surface area is 157 Å². The van der Waals surface area contributed by atoms with Crippen LogP contribution in [0, 0.1) is 20.8 Å². The zero-order valence-electron chi connectivity index (χ0n) is 15.5. The summed E-state index contributed by atoms with van der Waals surface area (Å²) < 4.78 is 7.29. The second-order valence-corrected chi connectivity index (χ2v) is 6.43. The number of benzene rings is 1. The van der Waals surface area contributed by atoms with Crippen LogP contribution in [0.15, 0.2) is 53.1 Å². The van der Waals surface area contributed by atoms with Gasteiger partial charge in [0.1, 0.15) is 11.8 Å². The van der Waals surface area contributed by atoms with Crippen molar-refractivity contribution in [3.8, 4) is 0 Å². The fourth-order valence-electron chi connectivity index (χ4n) is 2.84. The Morgan fingerprint density at radius 3 is 2.44 bits per heavy atom. The number of furan rings is 1. The molecule has 0 radical (unpaired) electrons. The van der Waals surface area contributed by atoms with Gasteiger partial charge in [-0.15, -0.1) is 0 Å². The number of amides is 2. The van der Waals surface area contributed by atoms with E-state index in [1.54, 1.807) is 29.1 Å². The van der Waals surface area contributed by atoms with Crippen LogP contribution in [0.2, 0.25) is 0 Å². The van der Waals surface area contributed by atoms with Crippen molar-refractivity contribution >= 4 is 17.5 Å². The van der Waals surface area contributed by atoms with Gasteiger partial charge >= 0.3 is 11.8 Å². The van der Waals surface area contributed by atoms with Crippen LogP contribution in [-0.2, 0) is 9.59 Å². The Kier molecular flexibility index (Phi) is 5.40. The number of nitrogens with zero attached hydrogens (tertiary/aromatic N) is 2. The summed E-state index contributed by atoms with van der Waals surface area (Å²) >= 11 is 0. The standard InChI is InChI=1S/C20H22N4O3/c1-13-6-8-16(9-7-13)22-20(26)19(25)21-12-17(18-5-4-10-27-18)24-15(3)11-14(2)23-24/h4-11,17H,12H2,1-3H3,(H,21,25)(H,22,26). The van der Waals surface area contributed by atoms with E-state index < -0.39 is 11.8 Å². The summed E-state index contributed by atoms with van der Waals surface area (Å²) in [5, 5.41) is 9.72. The zero-order valence-corrected chi connectivity index (χ0v) is 15.5. The van der Waals surface area contributed by atoms with Crippen molar-refractivity contribution < 1.29 is 14.0 Å². The SMILES string of the molecule is Cc1ccc(NC(=O)C(=O)NCC(c2ccco2)n2nc(C)cc2C)cc1. The number of aryl methyl sites for hydroxylation is 3. The molecule has 0 bridgehead atoms. The Morgan fingerprint density at radius 2 is 1.85 bits per heavy atom. The maximum absolute atomic E-state index is 12.2. The van der Waals surface area contributed by atoms with Crippen molar-refractivity contribution in [2.45, 2.75) is 26.8 Å². The van der Waals surface area contributed by atoms with Crippen LogP contribution >= 0.6 is 0 Å². The van der Waals surface area contributed by atoms with Gasteiger partial charge in [0.15, 0.2) is 0 Å². The summed E-state index contributed by atoms with van der Waals surface area (Å²) in [6.07, 6.45) is 1.57. The van der Waals surface area contributed by atoms with Crippen LogP contribution in [0.3, 0.4) is 0 Å². The lowest BCUT2D eigenvalue weighted by atomic mass is 10.2. The first kappa shape index (κ1) is 18.4. The van der Waals surface area contributed by atoms with Crippen LogP contribution in [0.5, 0.6) is 0 Å². The van der Waals surface area contributed by atoms with Crippen LogP contribution in [0.4, 0.5) is 5.69 Å². The molecule has 1 unspecified atom stereocenters. The van der Waals surface area contributed by atoms with Gasteiger partial charge in [0, 0.05) is 17.9 Å².